The molecule has 206 valence electrons. The lowest BCUT2D eigenvalue weighted by atomic mass is 10.1. The average Bonchev–Trinajstić information content (AvgIpc) is 3.37. The fourth-order valence-electron chi connectivity index (χ4n) is 4.37. The van der Waals surface area contributed by atoms with Gasteiger partial charge in [-0.2, -0.15) is 5.26 Å². The fourth-order valence-corrected chi connectivity index (χ4v) is 5.80. The van der Waals surface area contributed by atoms with Gasteiger partial charge in [0.15, 0.2) is 11.6 Å². The highest BCUT2D eigenvalue weighted by atomic mass is 35.5. The van der Waals surface area contributed by atoms with Crippen LogP contribution in [0.2, 0.25) is 5.02 Å². The van der Waals surface area contributed by atoms with Crippen molar-refractivity contribution in [3.63, 3.8) is 0 Å². The smallest absolute Gasteiger partial charge is 0.336 e. The van der Waals surface area contributed by atoms with Gasteiger partial charge in [-0.25, -0.2) is 13.8 Å². The number of aromatic nitrogens is 3. The van der Waals surface area contributed by atoms with Crippen LogP contribution in [-0.4, -0.2) is 31.9 Å². The van der Waals surface area contributed by atoms with E-state index in [1.807, 2.05) is 6.07 Å². The van der Waals surface area contributed by atoms with Crippen molar-refractivity contribution < 1.29 is 14.2 Å². The van der Waals surface area contributed by atoms with Crippen LogP contribution in [0.25, 0.3) is 37.1 Å². The summed E-state index contributed by atoms with van der Waals surface area (Å²) in [6.45, 7) is 3.17. The van der Waals surface area contributed by atoms with Gasteiger partial charge in [0.25, 0.3) is 5.56 Å². The standard InChI is InChI=1S/C30H22ClFN4O4S/c1-30(2,39)8-7-17-5-6-18-15-34-16-24(19(18)11-17)36-28(37)27-23(35(29(36)38)10-4-9-33)14-26(41-27)20-12-25(40-3)22(32)13-21(20)31/h5-6,11-16,39H,4,10H2,1-3H3. The molecule has 0 saturated carbocycles. The Morgan fingerprint density at radius 3 is 2.68 bits per heavy atom. The first-order valence-electron chi connectivity index (χ1n) is 12.4. The summed E-state index contributed by atoms with van der Waals surface area (Å²) in [5.74, 6) is 5.02. The molecule has 2 aromatic carbocycles. The number of methoxy groups -OCH3 is 1. The summed E-state index contributed by atoms with van der Waals surface area (Å²) in [6.07, 6.45) is 3.06. The first kappa shape index (κ1) is 28.1. The topological polar surface area (TPSA) is 110 Å². The molecule has 8 nitrogen and oxygen atoms in total. The third kappa shape index (κ3) is 5.33. The number of aryl methyl sites for hydroxylation is 1. The molecule has 0 spiro atoms. The highest BCUT2D eigenvalue weighted by molar-refractivity contribution is 7.22. The van der Waals surface area contributed by atoms with E-state index in [0.29, 0.717) is 32.3 Å². The number of pyridine rings is 1. The monoisotopic (exact) mass is 588 g/mol. The number of hydrogen-bond donors (Lipinski definition) is 1. The molecule has 0 radical (unpaired) electrons. The Morgan fingerprint density at radius 1 is 1.20 bits per heavy atom. The summed E-state index contributed by atoms with van der Waals surface area (Å²) in [5, 5.41) is 20.6. The first-order chi connectivity index (χ1) is 19.5. The molecule has 5 aromatic rings. The summed E-state index contributed by atoms with van der Waals surface area (Å²) in [4.78, 5) is 32.6. The van der Waals surface area contributed by atoms with Crippen LogP contribution < -0.4 is 16.0 Å². The quantitative estimate of drug-likeness (QED) is 0.280. The van der Waals surface area contributed by atoms with Crippen LogP contribution in [-0.2, 0) is 6.54 Å². The number of hydrogen-bond acceptors (Lipinski definition) is 7. The lowest BCUT2D eigenvalue weighted by Crippen LogP contribution is -2.38. The minimum Gasteiger partial charge on any atom is -0.494 e. The van der Waals surface area contributed by atoms with Gasteiger partial charge in [0.1, 0.15) is 10.3 Å². The van der Waals surface area contributed by atoms with Gasteiger partial charge in [0, 0.05) is 39.5 Å². The Kier molecular flexibility index (Phi) is 7.41. The van der Waals surface area contributed by atoms with Crippen LogP contribution in [0.1, 0.15) is 25.8 Å². The summed E-state index contributed by atoms with van der Waals surface area (Å²) >= 11 is 7.45. The minimum atomic E-state index is -1.21. The van der Waals surface area contributed by atoms with Gasteiger partial charge >= 0.3 is 5.69 Å². The third-order valence-corrected chi connectivity index (χ3v) is 7.73. The van der Waals surface area contributed by atoms with Crippen molar-refractivity contribution in [2.24, 2.45) is 0 Å². The molecule has 3 aromatic heterocycles. The highest BCUT2D eigenvalue weighted by Gasteiger charge is 2.21. The Labute approximate surface area is 242 Å². The second-order valence-corrected chi connectivity index (χ2v) is 11.1. The molecular formula is C30H22ClFN4O4S. The van der Waals surface area contributed by atoms with Crippen molar-refractivity contribution in [2.45, 2.75) is 32.4 Å². The maximum absolute atomic E-state index is 14.2. The van der Waals surface area contributed by atoms with Crippen molar-refractivity contribution in [2.75, 3.05) is 7.11 Å². The summed E-state index contributed by atoms with van der Waals surface area (Å²) in [5.41, 5.74) is -0.860. The molecule has 11 heteroatoms. The van der Waals surface area contributed by atoms with Crippen LogP contribution in [0.4, 0.5) is 4.39 Å². The summed E-state index contributed by atoms with van der Waals surface area (Å²) in [7, 11) is 1.33. The van der Waals surface area contributed by atoms with E-state index < -0.39 is 22.7 Å². The molecule has 5 rings (SSSR count). The number of nitriles is 1. The zero-order valence-electron chi connectivity index (χ0n) is 22.2. The largest absolute Gasteiger partial charge is 0.494 e. The van der Waals surface area contributed by atoms with Crippen LogP contribution >= 0.6 is 22.9 Å². The van der Waals surface area contributed by atoms with Gasteiger partial charge in [-0.05, 0) is 44.2 Å². The van der Waals surface area contributed by atoms with E-state index in [9.17, 15) is 24.3 Å². The second kappa shape index (κ2) is 10.8. The molecule has 0 bridgehead atoms. The normalized spacial score (nSPS) is 11.3. The molecule has 0 amide bonds. The molecule has 1 N–H and O–H groups in total. The van der Waals surface area contributed by atoms with E-state index in [2.05, 4.69) is 16.8 Å². The molecule has 0 saturated heterocycles. The maximum atomic E-state index is 14.2. The van der Waals surface area contributed by atoms with E-state index in [0.717, 1.165) is 22.0 Å². The van der Waals surface area contributed by atoms with Crippen LogP contribution in [0.3, 0.4) is 0 Å². The summed E-state index contributed by atoms with van der Waals surface area (Å²) < 4.78 is 22.0. The van der Waals surface area contributed by atoms with Gasteiger partial charge < -0.3 is 9.84 Å². The van der Waals surface area contributed by atoms with Crippen molar-refractivity contribution in [3.8, 4) is 39.8 Å². The van der Waals surface area contributed by atoms with E-state index >= 15 is 0 Å². The predicted molar refractivity (Wildman–Crippen MR) is 157 cm³/mol. The van der Waals surface area contributed by atoms with E-state index in [1.54, 1.807) is 44.3 Å². The lowest BCUT2D eigenvalue weighted by Gasteiger charge is -2.13. The Morgan fingerprint density at radius 2 is 1.98 bits per heavy atom. The zero-order valence-corrected chi connectivity index (χ0v) is 23.7. The second-order valence-electron chi connectivity index (χ2n) is 9.68. The Hall–Kier alpha value is -4.48. The molecule has 0 aliphatic rings. The van der Waals surface area contributed by atoms with E-state index in [4.69, 9.17) is 16.3 Å². The minimum absolute atomic E-state index is 0.0218. The van der Waals surface area contributed by atoms with Crippen molar-refractivity contribution >= 4 is 43.9 Å². The number of halogens is 2. The Bertz CT molecular complexity index is 2070. The number of fused-ring (bicyclic) bond motifs is 2. The van der Waals surface area contributed by atoms with Crippen molar-refractivity contribution in [1.82, 2.24) is 14.1 Å². The Balaban J connectivity index is 1.81. The molecule has 0 atom stereocenters. The molecule has 0 unspecified atom stereocenters. The summed E-state index contributed by atoms with van der Waals surface area (Å²) in [6, 6.07) is 11.5. The van der Waals surface area contributed by atoms with Gasteiger partial charge in [-0.3, -0.25) is 14.3 Å². The number of rotatable bonds is 5. The van der Waals surface area contributed by atoms with Gasteiger partial charge in [0.05, 0.1) is 42.0 Å². The van der Waals surface area contributed by atoms with Gasteiger partial charge in [-0.1, -0.05) is 29.5 Å². The fraction of sp³-hybridized carbons (Fsp3) is 0.200. The molecule has 0 fully saturated rings. The van der Waals surface area contributed by atoms with Crippen LogP contribution in [0.15, 0.2) is 58.4 Å². The third-order valence-electron chi connectivity index (χ3n) is 6.27. The SMILES string of the molecule is COc1cc(-c2cc3c(s2)c(=O)n(-c2cncc4ccc(C#CC(C)(C)O)cc24)c(=O)n3CCC#N)c(Cl)cc1F. The number of benzene rings is 2. The van der Waals surface area contributed by atoms with E-state index in [-0.39, 0.29) is 34.1 Å². The zero-order chi connectivity index (χ0) is 29.5. The molecule has 0 aliphatic carbocycles. The lowest BCUT2D eigenvalue weighted by molar-refractivity contribution is 0.143. The predicted octanol–water partition coefficient (Wildman–Crippen LogP) is 5.27. The molecule has 41 heavy (non-hydrogen) atoms. The highest BCUT2D eigenvalue weighted by Crippen LogP contribution is 2.39. The maximum Gasteiger partial charge on any atom is 0.336 e. The van der Waals surface area contributed by atoms with E-state index in [1.165, 1.54) is 23.9 Å². The molecular weight excluding hydrogens is 567 g/mol. The van der Waals surface area contributed by atoms with Crippen LogP contribution in [0, 0.1) is 29.0 Å². The number of thiophene rings is 1. The van der Waals surface area contributed by atoms with Crippen molar-refractivity contribution in [3.05, 3.63) is 86.0 Å². The number of nitrogens with zero attached hydrogens (tertiary/aromatic N) is 4. The number of aliphatic hydroxyl groups is 1. The molecule has 3 heterocycles. The number of ether oxygens (including phenoxy) is 1. The molecule has 0 aliphatic heterocycles. The van der Waals surface area contributed by atoms with Gasteiger partial charge in [0.2, 0.25) is 0 Å². The average molecular weight is 589 g/mol. The van der Waals surface area contributed by atoms with Gasteiger partial charge in [-0.15, -0.1) is 11.3 Å². The first-order valence-corrected chi connectivity index (χ1v) is 13.6. The van der Waals surface area contributed by atoms with Crippen molar-refractivity contribution in [1.29, 1.82) is 5.26 Å². The van der Waals surface area contributed by atoms with Crippen LogP contribution in [0.5, 0.6) is 5.75 Å².